The molecule has 0 amide bonds. The summed E-state index contributed by atoms with van der Waals surface area (Å²) in [6.07, 6.45) is 3.09. The van der Waals surface area contributed by atoms with Crippen molar-refractivity contribution < 1.29 is 9.47 Å². The molecule has 25 heavy (non-hydrogen) atoms. The van der Waals surface area contributed by atoms with Crippen molar-refractivity contribution in [3.8, 4) is 11.5 Å². The second-order valence-corrected chi connectivity index (χ2v) is 6.72. The Kier molecular flexibility index (Phi) is 7.00. The smallest absolute Gasteiger partial charge is 0.164 e. The first-order chi connectivity index (χ1) is 11.6. The first-order valence-electron chi connectivity index (χ1n) is 8.32. The van der Waals surface area contributed by atoms with Crippen LogP contribution < -0.4 is 9.47 Å². The third-order valence-corrected chi connectivity index (χ3v) is 5.16. The summed E-state index contributed by atoms with van der Waals surface area (Å²) in [5.74, 6) is 1.71. The second-order valence-electron chi connectivity index (χ2n) is 6.28. The topological polar surface area (TPSA) is 21.7 Å². The zero-order valence-electron chi connectivity index (χ0n) is 14.9. The number of ether oxygens (including phenoxy) is 2. The second kappa shape index (κ2) is 8.79. The van der Waals surface area contributed by atoms with Crippen LogP contribution in [0.15, 0.2) is 36.4 Å². The summed E-state index contributed by atoms with van der Waals surface area (Å²) in [5.41, 5.74) is 3.96. The number of rotatable bonds is 5. The molecule has 3 rings (SSSR count). The minimum Gasteiger partial charge on any atom is -0.493 e. The van der Waals surface area contributed by atoms with Crippen molar-refractivity contribution in [3.05, 3.63) is 58.1 Å². The first kappa shape index (κ1) is 19.9. The first-order valence-corrected chi connectivity index (χ1v) is 8.70. The number of aryl methyl sites for hydroxylation is 1. The molecule has 1 heterocycles. The number of nitrogens with zero attached hydrogens (tertiary/aromatic N) is 1. The summed E-state index contributed by atoms with van der Waals surface area (Å²) < 4.78 is 11.1. The number of hydrogen-bond acceptors (Lipinski definition) is 3. The van der Waals surface area contributed by atoms with Gasteiger partial charge in [-0.05, 0) is 55.6 Å². The Morgan fingerprint density at radius 3 is 2.44 bits per heavy atom. The third-order valence-electron chi connectivity index (χ3n) is 4.91. The van der Waals surface area contributed by atoms with E-state index in [0.717, 1.165) is 42.3 Å². The van der Waals surface area contributed by atoms with Crippen molar-refractivity contribution in [1.82, 2.24) is 4.90 Å². The van der Waals surface area contributed by atoms with Gasteiger partial charge in [0.05, 0.1) is 14.2 Å². The molecular weight excluding hydrogens is 357 g/mol. The SMILES string of the molecule is COc1ccc2c(c1OC)CCN(C)C2CCc1ccc(Cl)cc1.Cl. The van der Waals surface area contributed by atoms with Crippen molar-refractivity contribution >= 4 is 24.0 Å². The number of benzene rings is 2. The molecule has 0 N–H and O–H groups in total. The average Bonchev–Trinajstić information content (AvgIpc) is 2.61. The van der Waals surface area contributed by atoms with Gasteiger partial charge >= 0.3 is 0 Å². The third kappa shape index (κ3) is 4.22. The van der Waals surface area contributed by atoms with Crippen LogP contribution in [0.1, 0.15) is 29.2 Å². The number of hydrogen-bond donors (Lipinski definition) is 0. The van der Waals surface area contributed by atoms with Gasteiger partial charge in [-0.25, -0.2) is 0 Å². The fourth-order valence-corrected chi connectivity index (χ4v) is 3.71. The van der Waals surface area contributed by atoms with Gasteiger partial charge in [-0.2, -0.15) is 0 Å². The van der Waals surface area contributed by atoms with Crippen LogP contribution in [0, 0.1) is 0 Å². The maximum absolute atomic E-state index is 5.98. The summed E-state index contributed by atoms with van der Waals surface area (Å²) in [7, 11) is 5.61. The molecule has 2 aromatic rings. The summed E-state index contributed by atoms with van der Waals surface area (Å²) in [6, 6.07) is 12.8. The van der Waals surface area contributed by atoms with Gasteiger partial charge in [-0.1, -0.05) is 29.8 Å². The van der Waals surface area contributed by atoms with E-state index < -0.39 is 0 Å². The molecule has 5 heteroatoms. The van der Waals surface area contributed by atoms with E-state index in [2.05, 4.69) is 30.1 Å². The maximum Gasteiger partial charge on any atom is 0.164 e. The molecule has 2 aromatic carbocycles. The van der Waals surface area contributed by atoms with Crippen molar-refractivity contribution in [1.29, 1.82) is 0 Å². The van der Waals surface area contributed by atoms with Crippen LogP contribution in [0.25, 0.3) is 0 Å². The van der Waals surface area contributed by atoms with E-state index in [4.69, 9.17) is 21.1 Å². The number of methoxy groups -OCH3 is 2. The monoisotopic (exact) mass is 381 g/mol. The van der Waals surface area contributed by atoms with Gasteiger partial charge < -0.3 is 9.47 Å². The Bertz CT molecular complexity index is 704. The highest BCUT2D eigenvalue weighted by Gasteiger charge is 2.28. The normalized spacial score (nSPS) is 16.7. The van der Waals surface area contributed by atoms with E-state index in [9.17, 15) is 0 Å². The number of halogens is 2. The van der Waals surface area contributed by atoms with Gasteiger partial charge in [-0.3, -0.25) is 4.90 Å². The summed E-state index contributed by atoms with van der Waals surface area (Å²) in [5, 5.41) is 0.788. The van der Waals surface area contributed by atoms with Gasteiger partial charge in [0.2, 0.25) is 0 Å². The molecule has 0 fully saturated rings. The zero-order chi connectivity index (χ0) is 17.1. The summed E-state index contributed by atoms with van der Waals surface area (Å²) in [6.45, 7) is 1.03. The minimum atomic E-state index is 0. The molecule has 136 valence electrons. The Hall–Kier alpha value is -1.42. The van der Waals surface area contributed by atoms with Crippen molar-refractivity contribution in [3.63, 3.8) is 0 Å². The maximum atomic E-state index is 5.98. The predicted molar refractivity (Wildman–Crippen MR) is 106 cm³/mol. The van der Waals surface area contributed by atoms with Gasteiger partial charge in [0.25, 0.3) is 0 Å². The van der Waals surface area contributed by atoms with Crippen molar-refractivity contribution in [2.45, 2.75) is 25.3 Å². The molecule has 0 aromatic heterocycles. The highest BCUT2D eigenvalue weighted by atomic mass is 35.5. The lowest BCUT2D eigenvalue weighted by molar-refractivity contribution is 0.216. The van der Waals surface area contributed by atoms with Crippen molar-refractivity contribution in [2.24, 2.45) is 0 Å². The Labute approximate surface area is 161 Å². The Morgan fingerprint density at radius 2 is 1.80 bits per heavy atom. The van der Waals surface area contributed by atoms with E-state index in [1.54, 1.807) is 14.2 Å². The van der Waals surface area contributed by atoms with Crippen LogP contribution in [0.4, 0.5) is 0 Å². The largest absolute Gasteiger partial charge is 0.493 e. The summed E-state index contributed by atoms with van der Waals surface area (Å²) in [4.78, 5) is 2.43. The highest BCUT2D eigenvalue weighted by molar-refractivity contribution is 6.30. The Balaban J connectivity index is 0.00000225. The molecule has 1 aliphatic heterocycles. The van der Waals surface area contributed by atoms with Crippen LogP contribution >= 0.6 is 24.0 Å². The standard InChI is InChI=1S/C20H24ClNO2.ClH/c1-22-13-12-17-16(9-11-19(23-2)20(17)24-3)18(22)10-6-14-4-7-15(21)8-5-14;/h4-5,7-9,11,18H,6,10,12-13H2,1-3H3;1H. The van der Waals surface area contributed by atoms with Crippen LogP contribution in [0.3, 0.4) is 0 Å². The number of fused-ring (bicyclic) bond motifs is 1. The molecule has 1 atom stereocenters. The predicted octanol–water partition coefficient (Wildman–Crippen LogP) is 4.94. The molecule has 0 saturated carbocycles. The number of likely N-dealkylation sites (N-methyl/N-ethyl adjacent to an activating group) is 1. The van der Waals surface area contributed by atoms with Crippen LogP contribution in [-0.4, -0.2) is 32.7 Å². The lowest BCUT2D eigenvalue weighted by Gasteiger charge is -2.35. The van der Waals surface area contributed by atoms with Gasteiger partial charge in [0.15, 0.2) is 11.5 Å². The lowest BCUT2D eigenvalue weighted by atomic mass is 9.88. The molecular formula is C20H25Cl2NO2. The molecule has 0 aliphatic carbocycles. The molecule has 1 unspecified atom stereocenters. The molecule has 3 nitrogen and oxygen atoms in total. The van der Waals surface area contributed by atoms with Gasteiger partial charge in [-0.15, -0.1) is 12.4 Å². The Morgan fingerprint density at radius 1 is 1.08 bits per heavy atom. The highest BCUT2D eigenvalue weighted by Crippen LogP contribution is 2.41. The summed E-state index contributed by atoms with van der Waals surface area (Å²) >= 11 is 5.98. The van der Waals surface area contributed by atoms with E-state index in [1.807, 2.05) is 18.2 Å². The van der Waals surface area contributed by atoms with Crippen LogP contribution in [0.5, 0.6) is 11.5 Å². The molecule has 0 radical (unpaired) electrons. The fraction of sp³-hybridized carbons (Fsp3) is 0.400. The molecule has 0 saturated heterocycles. The van der Waals surface area contributed by atoms with Crippen LogP contribution in [0.2, 0.25) is 5.02 Å². The zero-order valence-corrected chi connectivity index (χ0v) is 16.5. The average molecular weight is 382 g/mol. The lowest BCUT2D eigenvalue weighted by Crippen LogP contribution is -2.32. The molecule has 0 bridgehead atoms. The fourth-order valence-electron chi connectivity index (χ4n) is 3.59. The van der Waals surface area contributed by atoms with E-state index in [1.165, 1.54) is 16.7 Å². The van der Waals surface area contributed by atoms with E-state index in [0.29, 0.717) is 6.04 Å². The van der Waals surface area contributed by atoms with Crippen molar-refractivity contribution in [2.75, 3.05) is 27.8 Å². The van der Waals surface area contributed by atoms with E-state index >= 15 is 0 Å². The minimum absolute atomic E-state index is 0. The van der Waals surface area contributed by atoms with Gasteiger partial charge in [0.1, 0.15) is 0 Å². The quantitative estimate of drug-likeness (QED) is 0.731. The van der Waals surface area contributed by atoms with E-state index in [-0.39, 0.29) is 12.4 Å². The molecule has 1 aliphatic rings. The molecule has 0 spiro atoms. The van der Waals surface area contributed by atoms with Gasteiger partial charge in [0, 0.05) is 23.2 Å². The van der Waals surface area contributed by atoms with Crippen LogP contribution in [-0.2, 0) is 12.8 Å².